The van der Waals surface area contributed by atoms with Gasteiger partial charge in [0.25, 0.3) is 0 Å². The summed E-state index contributed by atoms with van der Waals surface area (Å²) in [6.45, 7) is -0.722. The standard InChI is InChI=1S/C35H35F3O8S/c36-35(37,38)47(39,40)45-25-30-31(41-21-26-13-5-1-6-14-26)32(42-22-27-15-7-2-8-16-27)33(43-23-28-17-9-3-10-18-28)34(46-30)44-24-29-19-11-4-12-20-29/h1-20,30-34H,21-25H2/t30-,31+,32+,33-,34-/m1/s1. The Labute approximate surface area is 272 Å². The van der Waals surface area contributed by atoms with Gasteiger partial charge in [-0.2, -0.15) is 21.6 Å². The van der Waals surface area contributed by atoms with Crippen molar-refractivity contribution in [2.75, 3.05) is 6.61 Å². The predicted octanol–water partition coefficient (Wildman–Crippen LogP) is 6.55. The Morgan fingerprint density at radius 3 is 1.30 bits per heavy atom. The van der Waals surface area contributed by atoms with E-state index < -0.39 is 52.9 Å². The van der Waals surface area contributed by atoms with E-state index in [-0.39, 0.29) is 26.4 Å². The smallest absolute Gasteiger partial charge is 0.368 e. The van der Waals surface area contributed by atoms with Gasteiger partial charge in [-0.05, 0) is 22.3 Å². The molecule has 1 fully saturated rings. The van der Waals surface area contributed by atoms with Gasteiger partial charge >= 0.3 is 15.6 Å². The normalized spacial score (nSPS) is 21.8. The summed E-state index contributed by atoms with van der Waals surface area (Å²) in [7, 11) is -5.94. The summed E-state index contributed by atoms with van der Waals surface area (Å²) in [6, 6.07) is 36.9. The number of hydrogen-bond donors (Lipinski definition) is 0. The van der Waals surface area contributed by atoms with Gasteiger partial charge in [0.2, 0.25) is 0 Å². The predicted molar refractivity (Wildman–Crippen MR) is 166 cm³/mol. The summed E-state index contributed by atoms with van der Waals surface area (Å²) in [5, 5.41) is 0. The molecule has 4 aromatic rings. The number of ether oxygens (including phenoxy) is 5. The Bertz CT molecular complexity index is 1590. The van der Waals surface area contributed by atoms with Crippen LogP contribution in [0.3, 0.4) is 0 Å². The zero-order chi connectivity index (χ0) is 33.1. The van der Waals surface area contributed by atoms with Crippen molar-refractivity contribution in [3.63, 3.8) is 0 Å². The Kier molecular flexibility index (Phi) is 12.2. The largest absolute Gasteiger partial charge is 0.523 e. The monoisotopic (exact) mass is 672 g/mol. The fraction of sp³-hybridized carbons (Fsp3) is 0.314. The van der Waals surface area contributed by atoms with Crippen molar-refractivity contribution in [3.8, 4) is 0 Å². The summed E-state index contributed by atoms with van der Waals surface area (Å²) in [5.41, 5.74) is -2.40. The first-order valence-electron chi connectivity index (χ1n) is 14.9. The van der Waals surface area contributed by atoms with Gasteiger partial charge < -0.3 is 23.7 Å². The molecule has 1 heterocycles. The highest BCUT2D eigenvalue weighted by atomic mass is 32.2. The zero-order valence-corrected chi connectivity index (χ0v) is 26.1. The average molecular weight is 673 g/mol. The molecule has 0 radical (unpaired) electrons. The van der Waals surface area contributed by atoms with Gasteiger partial charge in [-0.3, -0.25) is 4.18 Å². The lowest BCUT2D eigenvalue weighted by Crippen LogP contribution is -2.62. The topological polar surface area (TPSA) is 89.5 Å². The quantitative estimate of drug-likeness (QED) is 0.104. The molecular formula is C35H35F3O8S. The molecule has 5 atom stereocenters. The number of alkyl halides is 3. The summed E-state index contributed by atoms with van der Waals surface area (Å²) in [6.07, 6.45) is -5.68. The molecule has 250 valence electrons. The van der Waals surface area contributed by atoms with Crippen LogP contribution in [-0.4, -0.2) is 51.2 Å². The highest BCUT2D eigenvalue weighted by molar-refractivity contribution is 7.87. The summed E-state index contributed by atoms with van der Waals surface area (Å²) in [5.74, 6) is 0. The minimum Gasteiger partial charge on any atom is -0.368 e. The molecule has 0 N–H and O–H groups in total. The van der Waals surface area contributed by atoms with Gasteiger partial charge in [-0.1, -0.05) is 121 Å². The summed E-state index contributed by atoms with van der Waals surface area (Å²) >= 11 is 0. The molecule has 0 bridgehead atoms. The van der Waals surface area contributed by atoms with Gasteiger partial charge in [-0.15, -0.1) is 0 Å². The van der Waals surface area contributed by atoms with Crippen molar-refractivity contribution in [2.45, 2.75) is 62.6 Å². The van der Waals surface area contributed by atoms with E-state index in [0.717, 1.165) is 22.3 Å². The second kappa shape index (κ2) is 16.5. The number of rotatable bonds is 15. The molecule has 0 aromatic heterocycles. The number of hydrogen-bond acceptors (Lipinski definition) is 8. The third-order valence-electron chi connectivity index (χ3n) is 7.38. The average Bonchev–Trinajstić information content (AvgIpc) is 3.09. The summed E-state index contributed by atoms with van der Waals surface area (Å²) < 4.78 is 99.8. The maximum atomic E-state index is 13.3. The van der Waals surface area contributed by atoms with Crippen molar-refractivity contribution in [2.24, 2.45) is 0 Å². The van der Waals surface area contributed by atoms with Crippen LogP contribution in [0, 0.1) is 0 Å². The van der Waals surface area contributed by atoms with E-state index in [2.05, 4.69) is 4.18 Å². The van der Waals surface area contributed by atoms with E-state index in [1.54, 1.807) is 0 Å². The third-order valence-corrected chi connectivity index (χ3v) is 8.39. The van der Waals surface area contributed by atoms with Gasteiger partial charge in [0.1, 0.15) is 24.4 Å². The summed E-state index contributed by atoms with van der Waals surface area (Å²) in [4.78, 5) is 0. The molecule has 0 aliphatic carbocycles. The van der Waals surface area contributed by atoms with E-state index in [1.165, 1.54) is 0 Å². The molecule has 8 nitrogen and oxygen atoms in total. The van der Waals surface area contributed by atoms with Crippen molar-refractivity contribution in [1.82, 2.24) is 0 Å². The molecule has 1 aliphatic rings. The molecular weight excluding hydrogens is 637 g/mol. The second-order valence-corrected chi connectivity index (χ2v) is 12.4. The van der Waals surface area contributed by atoms with Gasteiger partial charge in [0, 0.05) is 0 Å². The zero-order valence-electron chi connectivity index (χ0n) is 25.3. The van der Waals surface area contributed by atoms with Crippen LogP contribution in [0.2, 0.25) is 0 Å². The van der Waals surface area contributed by atoms with Crippen molar-refractivity contribution in [3.05, 3.63) is 144 Å². The van der Waals surface area contributed by atoms with Crippen molar-refractivity contribution >= 4 is 10.1 Å². The highest BCUT2D eigenvalue weighted by Gasteiger charge is 2.52. The van der Waals surface area contributed by atoms with Crippen LogP contribution in [0.1, 0.15) is 22.3 Å². The van der Waals surface area contributed by atoms with Crippen LogP contribution in [0.15, 0.2) is 121 Å². The minimum atomic E-state index is -5.94. The number of benzene rings is 4. The van der Waals surface area contributed by atoms with Crippen LogP contribution >= 0.6 is 0 Å². The lowest BCUT2D eigenvalue weighted by Gasteiger charge is -2.45. The molecule has 1 aliphatic heterocycles. The minimum absolute atomic E-state index is 0.0174. The lowest BCUT2D eigenvalue weighted by molar-refractivity contribution is -0.328. The fourth-order valence-corrected chi connectivity index (χ4v) is 5.44. The van der Waals surface area contributed by atoms with Crippen molar-refractivity contribution < 1.29 is 49.5 Å². The van der Waals surface area contributed by atoms with Gasteiger partial charge in [-0.25, -0.2) is 0 Å². The van der Waals surface area contributed by atoms with Crippen LogP contribution in [0.4, 0.5) is 13.2 Å². The van der Waals surface area contributed by atoms with Crippen LogP contribution in [-0.2, 0) is 64.4 Å². The van der Waals surface area contributed by atoms with Crippen molar-refractivity contribution in [1.29, 1.82) is 0 Å². The van der Waals surface area contributed by atoms with Gasteiger partial charge in [0.15, 0.2) is 6.29 Å². The van der Waals surface area contributed by atoms with E-state index in [9.17, 15) is 21.6 Å². The maximum Gasteiger partial charge on any atom is 0.523 e. The molecule has 0 amide bonds. The first-order valence-corrected chi connectivity index (χ1v) is 16.3. The maximum absolute atomic E-state index is 13.3. The Hall–Kier alpha value is -3.62. The Morgan fingerprint density at radius 2 is 0.894 bits per heavy atom. The Morgan fingerprint density at radius 1 is 0.532 bits per heavy atom. The first-order chi connectivity index (χ1) is 22.7. The molecule has 0 spiro atoms. The van der Waals surface area contributed by atoms with E-state index in [4.69, 9.17) is 23.7 Å². The molecule has 47 heavy (non-hydrogen) atoms. The molecule has 1 saturated heterocycles. The third kappa shape index (κ3) is 9.94. The van der Waals surface area contributed by atoms with Gasteiger partial charge in [0.05, 0.1) is 33.0 Å². The second-order valence-electron chi connectivity index (χ2n) is 10.8. The number of halogens is 3. The van der Waals surface area contributed by atoms with E-state index >= 15 is 0 Å². The lowest BCUT2D eigenvalue weighted by atomic mass is 9.97. The fourth-order valence-electron chi connectivity index (χ4n) is 4.99. The van der Waals surface area contributed by atoms with Crippen LogP contribution < -0.4 is 0 Å². The molecule has 4 aromatic carbocycles. The molecule has 5 rings (SSSR count). The van der Waals surface area contributed by atoms with E-state index in [0.29, 0.717) is 0 Å². The highest BCUT2D eigenvalue weighted by Crippen LogP contribution is 2.33. The van der Waals surface area contributed by atoms with Crippen LogP contribution in [0.5, 0.6) is 0 Å². The molecule has 12 heteroatoms. The van der Waals surface area contributed by atoms with E-state index in [1.807, 2.05) is 121 Å². The molecule has 0 saturated carbocycles. The Balaban J connectivity index is 1.49. The molecule has 0 unspecified atom stereocenters. The first kappa shape index (κ1) is 34.7. The SMILES string of the molecule is O=S(=O)(OC[C@H]1O[C@@H](OCc2ccccc2)[C@H](OCc2ccccc2)[C@@H](OCc2ccccc2)[C@H]1OCc1ccccc1)C(F)(F)F. The van der Waals surface area contributed by atoms with Crippen LogP contribution in [0.25, 0.3) is 0 Å².